The van der Waals surface area contributed by atoms with Gasteiger partial charge in [0.05, 0.1) is 6.54 Å². The van der Waals surface area contributed by atoms with E-state index in [9.17, 15) is 4.79 Å². The fourth-order valence-corrected chi connectivity index (χ4v) is 0.882. The molecule has 0 rings (SSSR count). The Morgan fingerprint density at radius 3 is 2.58 bits per heavy atom. The van der Waals surface area contributed by atoms with E-state index in [-0.39, 0.29) is 7.33 Å². The minimum Gasteiger partial charge on any atom is -0.358 e. The summed E-state index contributed by atoms with van der Waals surface area (Å²) in [6.45, 7) is 5.87. The molecule has 0 aromatic carbocycles. The highest BCUT2D eigenvalue weighted by Crippen LogP contribution is 1.99. The lowest BCUT2D eigenvalue weighted by Crippen LogP contribution is -2.33. The van der Waals surface area contributed by atoms with Crippen molar-refractivity contribution in [1.82, 2.24) is 10.2 Å². The number of amides is 1. The zero-order chi connectivity index (χ0) is 9.56. The molecule has 0 aromatic heterocycles. The van der Waals surface area contributed by atoms with Crippen molar-refractivity contribution in [3.05, 3.63) is 0 Å². The van der Waals surface area contributed by atoms with Gasteiger partial charge in [-0.1, -0.05) is 13.8 Å². The largest absolute Gasteiger partial charge is 0.358 e. The number of carbonyl (C=O) groups is 1. The van der Waals surface area contributed by atoms with Gasteiger partial charge in [-0.05, 0) is 25.9 Å². The first kappa shape index (κ1) is 11.4. The lowest BCUT2D eigenvalue weighted by molar-refractivity contribution is -0.121. The van der Waals surface area contributed by atoms with Gasteiger partial charge in [-0.15, -0.1) is 0 Å². The van der Waals surface area contributed by atoms with E-state index < -0.39 is 0 Å². The molecule has 74 valence electrons. The SMILES string of the molecule is CNC(=O)CN(C)CCC(C)C.[HH]. The van der Waals surface area contributed by atoms with E-state index in [4.69, 9.17) is 0 Å². The fourth-order valence-electron chi connectivity index (χ4n) is 0.882. The Balaban J connectivity index is 0. The Morgan fingerprint density at radius 2 is 2.17 bits per heavy atom. The van der Waals surface area contributed by atoms with Gasteiger partial charge in [0.15, 0.2) is 0 Å². The van der Waals surface area contributed by atoms with Gasteiger partial charge in [0.1, 0.15) is 0 Å². The monoisotopic (exact) mass is 174 g/mol. The summed E-state index contributed by atoms with van der Waals surface area (Å²) >= 11 is 0. The van der Waals surface area contributed by atoms with Gasteiger partial charge in [0.2, 0.25) is 5.91 Å². The van der Waals surface area contributed by atoms with Crippen LogP contribution in [-0.4, -0.2) is 38.0 Å². The van der Waals surface area contributed by atoms with Gasteiger partial charge in [0, 0.05) is 8.47 Å². The Bertz CT molecular complexity index is 140. The third kappa shape index (κ3) is 6.16. The van der Waals surface area contributed by atoms with Crippen molar-refractivity contribution in [2.45, 2.75) is 20.3 Å². The van der Waals surface area contributed by atoms with Gasteiger partial charge in [-0.2, -0.15) is 0 Å². The summed E-state index contributed by atoms with van der Waals surface area (Å²) in [5, 5.41) is 2.60. The highest BCUT2D eigenvalue weighted by atomic mass is 16.1. The second-order valence-electron chi connectivity index (χ2n) is 3.59. The Hall–Kier alpha value is -0.570. The van der Waals surface area contributed by atoms with Crippen LogP contribution in [0.25, 0.3) is 0 Å². The smallest absolute Gasteiger partial charge is 0.233 e. The molecule has 3 nitrogen and oxygen atoms in total. The van der Waals surface area contributed by atoms with Crippen LogP contribution in [-0.2, 0) is 4.79 Å². The molecule has 0 fully saturated rings. The Labute approximate surface area is 76.6 Å². The van der Waals surface area contributed by atoms with Crippen molar-refractivity contribution in [2.75, 3.05) is 27.2 Å². The van der Waals surface area contributed by atoms with Crippen molar-refractivity contribution in [3.63, 3.8) is 0 Å². The van der Waals surface area contributed by atoms with E-state index in [1.807, 2.05) is 11.9 Å². The van der Waals surface area contributed by atoms with Crippen LogP contribution in [0.5, 0.6) is 0 Å². The maximum atomic E-state index is 10.9. The third-order valence-electron chi connectivity index (χ3n) is 1.78. The molecule has 0 unspecified atom stereocenters. The van der Waals surface area contributed by atoms with Crippen LogP contribution in [0.15, 0.2) is 0 Å². The summed E-state index contributed by atoms with van der Waals surface area (Å²) < 4.78 is 0. The van der Waals surface area contributed by atoms with Crippen LogP contribution in [0.1, 0.15) is 21.7 Å². The topological polar surface area (TPSA) is 32.3 Å². The van der Waals surface area contributed by atoms with Gasteiger partial charge in [0.25, 0.3) is 0 Å². The molecule has 3 heteroatoms. The first-order chi connectivity index (χ1) is 5.56. The number of nitrogens with one attached hydrogen (secondary N) is 1. The van der Waals surface area contributed by atoms with E-state index in [1.165, 1.54) is 0 Å². The Morgan fingerprint density at radius 1 is 1.58 bits per heavy atom. The van der Waals surface area contributed by atoms with Gasteiger partial charge < -0.3 is 5.32 Å². The molecule has 0 aliphatic heterocycles. The summed E-state index contributed by atoms with van der Waals surface area (Å²) in [5.74, 6) is 0.790. The number of nitrogens with zero attached hydrogens (tertiary/aromatic N) is 1. The van der Waals surface area contributed by atoms with Crippen LogP contribution in [0.3, 0.4) is 0 Å². The molecule has 0 bridgehead atoms. The van der Waals surface area contributed by atoms with E-state index in [2.05, 4.69) is 19.2 Å². The summed E-state index contributed by atoms with van der Waals surface area (Å²) in [4.78, 5) is 13.0. The van der Waals surface area contributed by atoms with E-state index in [1.54, 1.807) is 7.05 Å². The van der Waals surface area contributed by atoms with Crippen LogP contribution in [0.2, 0.25) is 0 Å². The highest BCUT2D eigenvalue weighted by Gasteiger charge is 2.04. The summed E-state index contributed by atoms with van der Waals surface area (Å²) in [6.07, 6.45) is 1.15. The molecule has 0 saturated carbocycles. The summed E-state index contributed by atoms with van der Waals surface area (Å²) in [7, 11) is 3.64. The standard InChI is InChI=1S/C9H20N2O.H2/c1-8(2)5-6-11(4)7-9(12)10-3;/h8H,5-7H2,1-4H3,(H,10,12);1H. The minimum absolute atomic E-state index is 0. The average Bonchev–Trinajstić information content (AvgIpc) is 2.00. The molecule has 0 heterocycles. The number of hydrogen-bond acceptors (Lipinski definition) is 2. The second-order valence-corrected chi connectivity index (χ2v) is 3.59. The van der Waals surface area contributed by atoms with Crippen LogP contribution >= 0.6 is 0 Å². The zero-order valence-electron chi connectivity index (χ0n) is 8.55. The first-order valence-electron chi connectivity index (χ1n) is 4.45. The van der Waals surface area contributed by atoms with E-state index >= 15 is 0 Å². The minimum atomic E-state index is 0. The molecule has 1 amide bonds. The maximum absolute atomic E-state index is 10.9. The number of likely N-dealkylation sites (N-methyl/N-ethyl adjacent to an activating group) is 2. The predicted molar refractivity (Wildman–Crippen MR) is 53.1 cm³/mol. The van der Waals surface area contributed by atoms with Crippen molar-refractivity contribution < 1.29 is 6.22 Å². The zero-order valence-corrected chi connectivity index (χ0v) is 8.55. The Kier molecular flexibility index (Phi) is 5.72. The van der Waals surface area contributed by atoms with E-state index in [0.717, 1.165) is 13.0 Å². The molecule has 0 saturated heterocycles. The summed E-state index contributed by atoms with van der Waals surface area (Å²) in [5.41, 5.74) is 0. The van der Waals surface area contributed by atoms with Crippen LogP contribution < -0.4 is 5.32 Å². The molecule has 0 aromatic rings. The lowest BCUT2D eigenvalue weighted by Gasteiger charge is -2.16. The molecular weight excluding hydrogens is 152 g/mol. The molecule has 0 aliphatic rings. The fraction of sp³-hybridized carbons (Fsp3) is 0.889. The number of hydrogen-bond donors (Lipinski definition) is 1. The number of rotatable bonds is 5. The molecule has 12 heavy (non-hydrogen) atoms. The van der Waals surface area contributed by atoms with Crippen molar-refractivity contribution in [1.29, 1.82) is 0 Å². The maximum Gasteiger partial charge on any atom is 0.233 e. The van der Waals surface area contributed by atoms with Gasteiger partial charge in [-0.25, -0.2) is 0 Å². The summed E-state index contributed by atoms with van der Waals surface area (Å²) in [6, 6.07) is 0. The van der Waals surface area contributed by atoms with Gasteiger partial charge >= 0.3 is 0 Å². The average molecular weight is 174 g/mol. The third-order valence-corrected chi connectivity index (χ3v) is 1.78. The predicted octanol–water partition coefficient (Wildman–Crippen LogP) is 0.956. The molecule has 0 radical (unpaired) electrons. The van der Waals surface area contributed by atoms with Crippen molar-refractivity contribution >= 4 is 5.91 Å². The van der Waals surface area contributed by atoms with E-state index in [0.29, 0.717) is 12.5 Å². The molecule has 0 aliphatic carbocycles. The second kappa shape index (κ2) is 6.00. The lowest BCUT2D eigenvalue weighted by atomic mass is 10.1. The highest BCUT2D eigenvalue weighted by molar-refractivity contribution is 5.77. The molecular formula is C9H22N2O. The van der Waals surface area contributed by atoms with Gasteiger partial charge in [-0.3, -0.25) is 9.69 Å². The molecule has 1 N–H and O–H groups in total. The van der Waals surface area contributed by atoms with Crippen molar-refractivity contribution in [2.24, 2.45) is 5.92 Å². The normalized spacial score (nSPS) is 10.8. The molecule has 0 atom stereocenters. The van der Waals surface area contributed by atoms with Crippen LogP contribution in [0, 0.1) is 5.92 Å². The number of carbonyl (C=O) groups excluding carboxylic acids is 1. The van der Waals surface area contributed by atoms with Crippen molar-refractivity contribution in [3.8, 4) is 0 Å². The van der Waals surface area contributed by atoms with Crippen LogP contribution in [0.4, 0.5) is 0 Å². The first-order valence-corrected chi connectivity index (χ1v) is 4.45. The quantitative estimate of drug-likeness (QED) is 0.673. The molecule has 0 spiro atoms.